The summed E-state index contributed by atoms with van der Waals surface area (Å²) in [6.45, 7) is 1.57. The maximum absolute atomic E-state index is 12.5. The summed E-state index contributed by atoms with van der Waals surface area (Å²) in [4.78, 5) is 35.9. The smallest absolute Gasteiger partial charge is 0.308 e. The summed E-state index contributed by atoms with van der Waals surface area (Å²) in [5, 5.41) is 5.99. The minimum absolute atomic E-state index is 0.274. The highest BCUT2D eigenvalue weighted by Gasteiger charge is 2.11. The molecule has 0 aromatic heterocycles. The summed E-state index contributed by atoms with van der Waals surface area (Å²) >= 11 is 6.04. The number of hydrogen-bond acceptors (Lipinski definition) is 4. The monoisotopic (exact) mass is 422 g/mol. The van der Waals surface area contributed by atoms with Crippen LogP contribution in [-0.4, -0.2) is 17.8 Å². The van der Waals surface area contributed by atoms with Crippen molar-refractivity contribution in [2.75, 3.05) is 5.32 Å². The largest absolute Gasteiger partial charge is 0.427 e. The van der Waals surface area contributed by atoms with Gasteiger partial charge in [-0.1, -0.05) is 41.9 Å². The molecule has 0 radical (unpaired) electrons. The standard InChI is InChI=1S/C23H19ClN2O4/c1-15(27)30-19-9-5-7-17(13-19)22(28)26-18-8-4-6-16(12-18)14-25-23(29)20-10-2-3-11-21(20)24/h2-13H,14H2,1H3,(H,25,29)(H,26,28). The van der Waals surface area contributed by atoms with E-state index in [-0.39, 0.29) is 18.4 Å². The number of rotatable bonds is 6. The number of carbonyl (C=O) groups excluding carboxylic acids is 3. The van der Waals surface area contributed by atoms with Crippen molar-refractivity contribution in [1.82, 2.24) is 5.32 Å². The highest BCUT2D eigenvalue weighted by Crippen LogP contribution is 2.17. The number of benzene rings is 3. The van der Waals surface area contributed by atoms with E-state index in [2.05, 4.69) is 10.6 Å². The normalized spacial score (nSPS) is 10.2. The van der Waals surface area contributed by atoms with Crippen molar-refractivity contribution >= 4 is 35.1 Å². The van der Waals surface area contributed by atoms with Crippen LogP contribution in [0.4, 0.5) is 5.69 Å². The van der Waals surface area contributed by atoms with Crippen LogP contribution in [0.1, 0.15) is 33.2 Å². The summed E-state index contributed by atoms with van der Waals surface area (Å²) in [5.74, 6) is -0.788. The quantitative estimate of drug-likeness (QED) is 0.454. The van der Waals surface area contributed by atoms with Gasteiger partial charge in [-0.2, -0.15) is 0 Å². The van der Waals surface area contributed by atoms with Gasteiger partial charge in [-0.15, -0.1) is 0 Å². The zero-order valence-electron chi connectivity index (χ0n) is 16.1. The predicted octanol–water partition coefficient (Wildman–Crippen LogP) is 4.45. The lowest BCUT2D eigenvalue weighted by molar-refractivity contribution is -0.131. The average Bonchev–Trinajstić information content (AvgIpc) is 2.72. The molecule has 0 aliphatic carbocycles. The Kier molecular flexibility index (Phi) is 6.83. The molecule has 0 saturated heterocycles. The molecular formula is C23H19ClN2O4. The Labute approximate surface area is 178 Å². The molecule has 3 rings (SSSR count). The second-order valence-corrected chi connectivity index (χ2v) is 6.85. The molecule has 30 heavy (non-hydrogen) atoms. The van der Waals surface area contributed by atoms with E-state index in [1.54, 1.807) is 60.7 Å². The van der Waals surface area contributed by atoms with Gasteiger partial charge >= 0.3 is 5.97 Å². The molecule has 6 nitrogen and oxygen atoms in total. The first-order valence-electron chi connectivity index (χ1n) is 9.14. The van der Waals surface area contributed by atoms with Crippen LogP contribution in [0.2, 0.25) is 5.02 Å². The number of ether oxygens (including phenoxy) is 1. The zero-order chi connectivity index (χ0) is 21.5. The van der Waals surface area contributed by atoms with Crippen molar-refractivity contribution in [1.29, 1.82) is 0 Å². The first-order valence-corrected chi connectivity index (χ1v) is 9.51. The number of anilines is 1. The van der Waals surface area contributed by atoms with Crippen LogP contribution < -0.4 is 15.4 Å². The predicted molar refractivity (Wildman–Crippen MR) is 115 cm³/mol. The lowest BCUT2D eigenvalue weighted by atomic mass is 10.1. The van der Waals surface area contributed by atoms with Crippen LogP contribution in [0.5, 0.6) is 5.75 Å². The van der Waals surface area contributed by atoms with E-state index in [4.69, 9.17) is 16.3 Å². The van der Waals surface area contributed by atoms with Crippen molar-refractivity contribution in [2.24, 2.45) is 0 Å². The molecule has 0 spiro atoms. The summed E-state index contributed by atoms with van der Waals surface area (Å²) in [6.07, 6.45) is 0. The fourth-order valence-corrected chi connectivity index (χ4v) is 2.97. The van der Waals surface area contributed by atoms with Gasteiger partial charge in [0, 0.05) is 24.7 Å². The maximum Gasteiger partial charge on any atom is 0.308 e. The molecule has 2 N–H and O–H groups in total. The van der Waals surface area contributed by atoms with E-state index in [0.717, 1.165) is 5.56 Å². The summed E-state index contributed by atoms with van der Waals surface area (Å²) in [7, 11) is 0. The molecule has 0 atom stereocenters. The molecule has 0 aliphatic heterocycles. The van der Waals surface area contributed by atoms with Gasteiger partial charge in [-0.05, 0) is 48.0 Å². The second kappa shape index (κ2) is 9.71. The van der Waals surface area contributed by atoms with Gasteiger partial charge < -0.3 is 15.4 Å². The molecule has 0 fully saturated rings. The molecule has 2 amide bonds. The SMILES string of the molecule is CC(=O)Oc1cccc(C(=O)Nc2cccc(CNC(=O)c3ccccc3Cl)c2)c1. The van der Waals surface area contributed by atoms with Crippen molar-refractivity contribution in [3.63, 3.8) is 0 Å². The number of carbonyl (C=O) groups is 3. The molecular weight excluding hydrogens is 404 g/mol. The summed E-state index contributed by atoms with van der Waals surface area (Å²) in [6, 6.07) is 20.3. The molecule has 0 bridgehead atoms. The van der Waals surface area contributed by atoms with E-state index >= 15 is 0 Å². The Morgan fingerprint density at radius 1 is 0.900 bits per heavy atom. The van der Waals surface area contributed by atoms with E-state index < -0.39 is 5.97 Å². The van der Waals surface area contributed by atoms with Crippen molar-refractivity contribution in [3.8, 4) is 5.75 Å². The van der Waals surface area contributed by atoms with E-state index in [1.165, 1.54) is 13.0 Å². The topological polar surface area (TPSA) is 84.5 Å². The van der Waals surface area contributed by atoms with Gasteiger partial charge in [0.15, 0.2) is 0 Å². The molecule has 3 aromatic carbocycles. The fraction of sp³-hybridized carbons (Fsp3) is 0.0870. The highest BCUT2D eigenvalue weighted by atomic mass is 35.5. The van der Waals surface area contributed by atoms with Gasteiger partial charge in [0.25, 0.3) is 11.8 Å². The highest BCUT2D eigenvalue weighted by molar-refractivity contribution is 6.33. The first-order chi connectivity index (χ1) is 14.4. The molecule has 0 unspecified atom stereocenters. The molecule has 0 aliphatic rings. The van der Waals surface area contributed by atoms with Gasteiger partial charge in [-0.3, -0.25) is 14.4 Å². The van der Waals surface area contributed by atoms with Gasteiger partial charge in [0.1, 0.15) is 5.75 Å². The van der Waals surface area contributed by atoms with E-state index in [1.807, 2.05) is 6.07 Å². The Balaban J connectivity index is 1.64. The van der Waals surface area contributed by atoms with Crippen LogP contribution in [-0.2, 0) is 11.3 Å². The number of esters is 1. The Bertz CT molecular complexity index is 1100. The number of amides is 2. The Morgan fingerprint density at radius 3 is 2.43 bits per heavy atom. The van der Waals surface area contributed by atoms with Gasteiger partial charge in [0.05, 0.1) is 10.6 Å². The Morgan fingerprint density at radius 2 is 1.67 bits per heavy atom. The van der Waals surface area contributed by atoms with E-state index in [9.17, 15) is 14.4 Å². The lowest BCUT2D eigenvalue weighted by Crippen LogP contribution is -2.23. The summed E-state index contributed by atoms with van der Waals surface area (Å²) < 4.78 is 5.01. The molecule has 0 saturated carbocycles. The van der Waals surface area contributed by atoms with Crippen molar-refractivity contribution < 1.29 is 19.1 Å². The number of nitrogens with one attached hydrogen (secondary N) is 2. The zero-order valence-corrected chi connectivity index (χ0v) is 16.9. The molecule has 3 aromatic rings. The van der Waals surface area contributed by atoms with Crippen LogP contribution >= 0.6 is 11.6 Å². The van der Waals surface area contributed by atoms with Crippen LogP contribution in [0, 0.1) is 0 Å². The average molecular weight is 423 g/mol. The van der Waals surface area contributed by atoms with Crippen LogP contribution in [0.25, 0.3) is 0 Å². The minimum atomic E-state index is -0.459. The molecule has 152 valence electrons. The van der Waals surface area contributed by atoms with E-state index in [0.29, 0.717) is 27.6 Å². The second-order valence-electron chi connectivity index (χ2n) is 6.44. The molecule has 7 heteroatoms. The van der Waals surface area contributed by atoms with Gasteiger partial charge in [0.2, 0.25) is 0 Å². The number of halogens is 1. The minimum Gasteiger partial charge on any atom is -0.427 e. The lowest BCUT2D eigenvalue weighted by Gasteiger charge is -2.10. The molecule has 0 heterocycles. The van der Waals surface area contributed by atoms with Crippen LogP contribution in [0.15, 0.2) is 72.8 Å². The van der Waals surface area contributed by atoms with Gasteiger partial charge in [-0.25, -0.2) is 0 Å². The number of hydrogen-bond donors (Lipinski definition) is 2. The third-order valence-electron chi connectivity index (χ3n) is 4.11. The summed E-state index contributed by atoms with van der Waals surface area (Å²) in [5.41, 5.74) is 2.13. The Hall–Kier alpha value is -3.64. The maximum atomic E-state index is 12.5. The van der Waals surface area contributed by atoms with Crippen LogP contribution in [0.3, 0.4) is 0 Å². The third kappa shape index (κ3) is 5.68. The first kappa shape index (κ1) is 21.1. The fourth-order valence-electron chi connectivity index (χ4n) is 2.75. The van der Waals surface area contributed by atoms with Crippen molar-refractivity contribution in [2.45, 2.75) is 13.5 Å². The van der Waals surface area contributed by atoms with Crippen molar-refractivity contribution in [3.05, 3.63) is 94.5 Å². The third-order valence-corrected chi connectivity index (χ3v) is 4.44.